The van der Waals surface area contributed by atoms with Gasteiger partial charge in [-0.15, -0.1) is 0 Å². The number of halogens is 1. The lowest BCUT2D eigenvalue weighted by molar-refractivity contribution is -0.105. The topological polar surface area (TPSA) is 98.6 Å². The Morgan fingerprint density at radius 3 is 2.71 bits per heavy atom. The number of H-pyrrole nitrogens is 1. The molecule has 0 aliphatic carbocycles. The molecule has 2 aromatic carbocycles. The number of nitrogens with zero attached hydrogens (tertiary/aromatic N) is 3. The highest BCUT2D eigenvalue weighted by Crippen LogP contribution is 2.34. The molecule has 174 valence electrons. The molecule has 34 heavy (non-hydrogen) atoms. The molecule has 4 aromatic rings. The molecule has 0 saturated carbocycles. The number of aromatic amines is 1. The highest BCUT2D eigenvalue weighted by Gasteiger charge is 2.34. The first-order valence-corrected chi connectivity index (χ1v) is 11.4. The molecule has 1 aliphatic heterocycles. The zero-order valence-electron chi connectivity index (χ0n) is 18.6. The molecule has 0 radical (unpaired) electrons. The highest BCUT2D eigenvalue weighted by atomic mass is 35.5. The Kier molecular flexibility index (Phi) is 5.93. The van der Waals surface area contributed by atoms with Crippen molar-refractivity contribution < 1.29 is 14.3 Å². The van der Waals surface area contributed by atoms with E-state index in [0.29, 0.717) is 53.9 Å². The van der Waals surface area contributed by atoms with Crippen LogP contribution in [0.2, 0.25) is 5.02 Å². The summed E-state index contributed by atoms with van der Waals surface area (Å²) in [6, 6.07) is 15.9. The molecule has 1 fully saturated rings. The van der Waals surface area contributed by atoms with Gasteiger partial charge in [-0.25, -0.2) is 4.98 Å². The maximum Gasteiger partial charge on any atom is 0.274 e. The van der Waals surface area contributed by atoms with Crippen LogP contribution in [0.25, 0.3) is 17.2 Å². The van der Waals surface area contributed by atoms with Gasteiger partial charge in [0.05, 0.1) is 29.5 Å². The first-order chi connectivity index (χ1) is 16.4. The van der Waals surface area contributed by atoms with E-state index in [0.717, 1.165) is 5.56 Å². The molecule has 9 heteroatoms. The van der Waals surface area contributed by atoms with Crippen LogP contribution < -0.4 is 10.3 Å². The summed E-state index contributed by atoms with van der Waals surface area (Å²) in [7, 11) is 0. The molecule has 0 bridgehead atoms. The van der Waals surface area contributed by atoms with E-state index in [1.807, 2.05) is 30.3 Å². The van der Waals surface area contributed by atoms with Gasteiger partial charge in [-0.05, 0) is 18.6 Å². The van der Waals surface area contributed by atoms with Crippen LogP contribution in [-0.2, 0) is 11.3 Å². The molecular formula is C25H23ClN4O4. The first kappa shape index (κ1) is 22.3. The van der Waals surface area contributed by atoms with Crippen LogP contribution in [-0.4, -0.2) is 38.6 Å². The van der Waals surface area contributed by atoms with Crippen molar-refractivity contribution in [1.29, 1.82) is 0 Å². The van der Waals surface area contributed by atoms with E-state index in [4.69, 9.17) is 21.1 Å². The lowest BCUT2D eigenvalue weighted by Crippen LogP contribution is -2.39. The molecular weight excluding hydrogens is 456 g/mol. The summed E-state index contributed by atoms with van der Waals surface area (Å²) in [5, 5.41) is 3.30. The van der Waals surface area contributed by atoms with E-state index in [-0.39, 0.29) is 29.1 Å². The summed E-state index contributed by atoms with van der Waals surface area (Å²) < 4.78 is 12.5. The van der Waals surface area contributed by atoms with Crippen LogP contribution in [0.3, 0.4) is 0 Å². The number of ether oxygens (including phenoxy) is 2. The number of hydrogen-bond acceptors (Lipinski definition) is 6. The molecule has 8 nitrogen and oxygen atoms in total. The number of nitrogens with one attached hydrogen (secondary N) is 1. The minimum absolute atomic E-state index is 0.00848. The summed E-state index contributed by atoms with van der Waals surface area (Å²) in [5.41, 5.74) is 1.30. The van der Waals surface area contributed by atoms with Gasteiger partial charge in [-0.2, -0.15) is 9.50 Å². The number of fused-ring (bicyclic) bond motifs is 1. The number of ketones is 1. The molecule has 1 N–H and O–H groups in total. The van der Waals surface area contributed by atoms with Gasteiger partial charge in [0.2, 0.25) is 0 Å². The monoisotopic (exact) mass is 478 g/mol. The Hall–Kier alpha value is -3.49. The van der Waals surface area contributed by atoms with Crippen molar-refractivity contribution in [2.45, 2.75) is 26.4 Å². The normalized spacial score (nSPS) is 14.6. The van der Waals surface area contributed by atoms with Crippen molar-refractivity contribution in [3.8, 4) is 17.1 Å². The predicted molar refractivity (Wildman–Crippen MR) is 127 cm³/mol. The van der Waals surface area contributed by atoms with Crippen LogP contribution in [0.4, 0.5) is 0 Å². The van der Waals surface area contributed by atoms with Gasteiger partial charge in [-0.3, -0.25) is 14.7 Å². The highest BCUT2D eigenvalue weighted by molar-refractivity contribution is 6.34. The quantitative estimate of drug-likeness (QED) is 0.379. The fourth-order valence-corrected chi connectivity index (χ4v) is 4.18. The number of rotatable bonds is 8. The van der Waals surface area contributed by atoms with Crippen molar-refractivity contribution in [2.24, 2.45) is 5.41 Å². The lowest BCUT2D eigenvalue weighted by Gasteiger charge is -2.38. The molecule has 5 rings (SSSR count). The van der Waals surface area contributed by atoms with Crippen molar-refractivity contribution >= 4 is 23.2 Å². The van der Waals surface area contributed by atoms with Gasteiger partial charge in [-0.1, -0.05) is 54.9 Å². The molecule has 2 aromatic heterocycles. The van der Waals surface area contributed by atoms with Crippen LogP contribution in [0, 0.1) is 5.41 Å². The predicted octanol–water partition coefficient (Wildman–Crippen LogP) is 4.32. The van der Waals surface area contributed by atoms with Crippen molar-refractivity contribution in [2.75, 3.05) is 13.2 Å². The minimum Gasteiger partial charge on any atom is -0.486 e. The standard InChI is InChI=1S/C25H23ClN4O4/c1-25(14-33-15-25)11-10-19(31)22-18(26)8-5-9-20(22)34-13-17-12-21(32)30-24(27-17)28-23(29-30)16-6-3-2-4-7-16/h2-9,12H,10-11,13-15H2,1H3,(H,27,28,29). The fraction of sp³-hybridized carbons (Fsp3) is 0.280. The van der Waals surface area contributed by atoms with E-state index in [2.05, 4.69) is 22.0 Å². The summed E-state index contributed by atoms with van der Waals surface area (Å²) in [5.74, 6) is 1.05. The fourth-order valence-electron chi connectivity index (χ4n) is 3.91. The van der Waals surface area contributed by atoms with Gasteiger partial charge >= 0.3 is 0 Å². The second-order valence-electron chi connectivity index (χ2n) is 8.79. The number of carbonyl (C=O) groups is 1. The average Bonchev–Trinajstić information content (AvgIpc) is 3.25. The third-order valence-corrected chi connectivity index (χ3v) is 6.23. The molecule has 0 spiro atoms. The first-order valence-electron chi connectivity index (χ1n) is 11.0. The van der Waals surface area contributed by atoms with Gasteiger partial charge < -0.3 is 9.47 Å². The van der Waals surface area contributed by atoms with E-state index in [1.165, 1.54) is 10.6 Å². The molecule has 3 heterocycles. The number of hydrogen-bond donors (Lipinski definition) is 1. The van der Waals surface area contributed by atoms with E-state index < -0.39 is 0 Å². The molecule has 1 aliphatic rings. The van der Waals surface area contributed by atoms with Crippen LogP contribution in [0.15, 0.2) is 59.4 Å². The second kappa shape index (κ2) is 9.04. The Bertz CT molecular complexity index is 1410. The third kappa shape index (κ3) is 4.47. The maximum absolute atomic E-state index is 13.0. The average molecular weight is 479 g/mol. The zero-order valence-corrected chi connectivity index (χ0v) is 19.3. The summed E-state index contributed by atoms with van der Waals surface area (Å²) in [4.78, 5) is 34.5. The SMILES string of the molecule is CC1(CCC(=O)c2c(Cl)cccc2OCc2cc(=O)n3[nH]c(-c4ccccc4)nc3n2)COC1. The summed E-state index contributed by atoms with van der Waals surface area (Å²) >= 11 is 6.36. The van der Waals surface area contributed by atoms with Crippen LogP contribution in [0.1, 0.15) is 35.8 Å². The van der Waals surface area contributed by atoms with Crippen LogP contribution in [0.5, 0.6) is 5.75 Å². The number of Topliss-reactive ketones (excluding diaryl/α,β-unsaturated/α-hetero) is 1. The molecule has 1 saturated heterocycles. The number of benzene rings is 2. The van der Waals surface area contributed by atoms with Gasteiger partial charge in [0.15, 0.2) is 11.6 Å². The van der Waals surface area contributed by atoms with Crippen LogP contribution >= 0.6 is 11.6 Å². The van der Waals surface area contributed by atoms with Gasteiger partial charge in [0.25, 0.3) is 11.3 Å². The maximum atomic E-state index is 13.0. The molecule has 0 atom stereocenters. The van der Waals surface area contributed by atoms with E-state index in [9.17, 15) is 9.59 Å². The zero-order chi connectivity index (χ0) is 23.7. The Labute approximate surface area is 200 Å². The largest absolute Gasteiger partial charge is 0.486 e. The van der Waals surface area contributed by atoms with Crippen molar-refractivity contribution in [3.63, 3.8) is 0 Å². The Morgan fingerprint density at radius 2 is 1.97 bits per heavy atom. The summed E-state index contributed by atoms with van der Waals surface area (Å²) in [6.45, 7) is 3.42. The van der Waals surface area contributed by atoms with Gasteiger partial charge in [0.1, 0.15) is 12.4 Å². The minimum atomic E-state index is -0.309. The van der Waals surface area contributed by atoms with Crippen molar-refractivity contribution in [3.05, 3.63) is 81.2 Å². The third-order valence-electron chi connectivity index (χ3n) is 5.92. The Morgan fingerprint density at radius 1 is 1.18 bits per heavy atom. The Balaban J connectivity index is 1.35. The molecule has 0 unspecified atom stereocenters. The van der Waals surface area contributed by atoms with E-state index in [1.54, 1.807) is 18.2 Å². The van der Waals surface area contributed by atoms with Crippen molar-refractivity contribution in [1.82, 2.24) is 19.6 Å². The lowest BCUT2D eigenvalue weighted by atomic mass is 9.82. The number of carbonyl (C=O) groups excluding carboxylic acids is 1. The molecule has 0 amide bonds. The smallest absolute Gasteiger partial charge is 0.274 e. The number of aromatic nitrogens is 4. The summed E-state index contributed by atoms with van der Waals surface area (Å²) in [6.07, 6.45) is 1.06. The van der Waals surface area contributed by atoms with E-state index >= 15 is 0 Å². The second-order valence-corrected chi connectivity index (χ2v) is 9.19. The van der Waals surface area contributed by atoms with Gasteiger partial charge in [0, 0.05) is 23.5 Å².